The Bertz CT molecular complexity index is 1250. The number of amides is 1. The van der Waals surface area contributed by atoms with Crippen molar-refractivity contribution in [1.82, 2.24) is 10.3 Å². The summed E-state index contributed by atoms with van der Waals surface area (Å²) < 4.78 is 0. The minimum atomic E-state index is -1.08. The van der Waals surface area contributed by atoms with Gasteiger partial charge in [0, 0.05) is 41.8 Å². The Balaban J connectivity index is 1.57. The predicted octanol–water partition coefficient (Wildman–Crippen LogP) is 5.81. The quantitative estimate of drug-likeness (QED) is 0.300. The zero-order valence-electron chi connectivity index (χ0n) is 22.7. The largest absolute Gasteiger partial charge is 0.480 e. The Hall–Kier alpha value is -3.41. The highest BCUT2D eigenvalue weighted by atomic mass is 16.4. The maximum Gasteiger partial charge on any atom is 0.326 e. The van der Waals surface area contributed by atoms with Gasteiger partial charge in [-0.05, 0) is 54.2 Å². The van der Waals surface area contributed by atoms with E-state index in [4.69, 9.17) is 0 Å². The summed E-state index contributed by atoms with van der Waals surface area (Å²) in [7, 11) is 0. The molecule has 0 spiro atoms. The molecule has 1 aliphatic carbocycles. The molecule has 1 amide bonds. The first-order valence-corrected chi connectivity index (χ1v) is 13.9. The van der Waals surface area contributed by atoms with Gasteiger partial charge >= 0.3 is 5.97 Å². The molecule has 3 aromatic rings. The van der Waals surface area contributed by atoms with E-state index in [2.05, 4.69) is 31.1 Å². The number of carboxylic acid groups (broad SMARTS) is 1. The van der Waals surface area contributed by atoms with Crippen molar-refractivity contribution in [1.29, 1.82) is 0 Å². The Morgan fingerprint density at radius 1 is 1.00 bits per heavy atom. The fraction of sp³-hybridized carbons (Fsp3) is 0.469. The fourth-order valence-corrected chi connectivity index (χ4v) is 6.13. The van der Waals surface area contributed by atoms with Gasteiger partial charge in [0.2, 0.25) is 5.91 Å². The van der Waals surface area contributed by atoms with Crippen LogP contribution in [0.1, 0.15) is 57.6 Å². The molecular weight excluding hydrogens is 476 g/mol. The molecule has 38 heavy (non-hydrogen) atoms. The van der Waals surface area contributed by atoms with Gasteiger partial charge in [-0.15, -0.1) is 0 Å². The van der Waals surface area contributed by atoms with Crippen LogP contribution < -0.4 is 5.32 Å². The molecule has 1 heterocycles. The van der Waals surface area contributed by atoms with E-state index < -0.39 is 17.9 Å². The lowest BCUT2D eigenvalue weighted by atomic mass is 9.67. The molecule has 3 N–H and O–H groups in total. The van der Waals surface area contributed by atoms with Crippen LogP contribution in [0.3, 0.4) is 0 Å². The van der Waals surface area contributed by atoms with E-state index in [9.17, 15) is 19.5 Å². The first-order chi connectivity index (χ1) is 18.2. The molecule has 0 saturated heterocycles. The van der Waals surface area contributed by atoms with E-state index in [0.717, 1.165) is 41.3 Å². The van der Waals surface area contributed by atoms with Gasteiger partial charge in [0.15, 0.2) is 0 Å². The average molecular weight is 517 g/mol. The monoisotopic (exact) mass is 516 g/mol. The second kappa shape index (κ2) is 12.4. The number of aromatic nitrogens is 1. The number of rotatable bonds is 11. The van der Waals surface area contributed by atoms with Gasteiger partial charge in [0.1, 0.15) is 11.8 Å². The van der Waals surface area contributed by atoms with E-state index in [1.165, 1.54) is 0 Å². The van der Waals surface area contributed by atoms with Crippen LogP contribution in [0.15, 0.2) is 60.8 Å². The summed E-state index contributed by atoms with van der Waals surface area (Å²) in [5.74, 6) is -0.828. The van der Waals surface area contributed by atoms with Crippen LogP contribution in [0.4, 0.5) is 0 Å². The second-order valence-corrected chi connectivity index (χ2v) is 11.5. The molecule has 6 nitrogen and oxygen atoms in total. The van der Waals surface area contributed by atoms with Crippen molar-refractivity contribution in [2.75, 3.05) is 0 Å². The molecule has 2 aromatic carbocycles. The highest BCUT2D eigenvalue weighted by Crippen LogP contribution is 2.39. The predicted molar refractivity (Wildman–Crippen MR) is 150 cm³/mol. The van der Waals surface area contributed by atoms with Crippen molar-refractivity contribution in [3.8, 4) is 0 Å². The number of carbonyl (C=O) groups is 3. The summed E-state index contributed by atoms with van der Waals surface area (Å²) in [5, 5.41) is 13.7. The Morgan fingerprint density at radius 2 is 1.71 bits per heavy atom. The molecule has 1 fully saturated rings. The van der Waals surface area contributed by atoms with Crippen LogP contribution in [-0.4, -0.2) is 33.8 Å². The van der Waals surface area contributed by atoms with Crippen molar-refractivity contribution < 1.29 is 19.5 Å². The van der Waals surface area contributed by atoms with Crippen molar-refractivity contribution in [3.63, 3.8) is 0 Å². The lowest BCUT2D eigenvalue weighted by molar-refractivity contribution is -0.142. The summed E-state index contributed by atoms with van der Waals surface area (Å²) in [6, 6.07) is 16.1. The number of Topliss-reactive ketones (excluding diaryl/α,β-unsaturated/α-hetero) is 1. The molecule has 4 rings (SSSR count). The van der Waals surface area contributed by atoms with E-state index in [1.807, 2.05) is 60.8 Å². The number of carbonyl (C=O) groups excluding carboxylic acids is 2. The third kappa shape index (κ3) is 6.72. The SMILES string of the molecule is CC(C)[C@@H]1CC[C@@H](C)C[C@H]1C(=O)C[C@@H](Cc1c[nH]c2ccccc12)C(=O)N[C@@H](Cc1ccccc1)C(=O)O. The molecule has 1 aliphatic rings. The van der Waals surface area contributed by atoms with E-state index in [0.29, 0.717) is 24.2 Å². The summed E-state index contributed by atoms with van der Waals surface area (Å²) >= 11 is 0. The fourth-order valence-electron chi connectivity index (χ4n) is 6.13. The lowest BCUT2D eigenvalue weighted by Gasteiger charge is -2.37. The molecule has 6 heteroatoms. The van der Waals surface area contributed by atoms with Crippen molar-refractivity contribution >= 4 is 28.6 Å². The first-order valence-electron chi connectivity index (χ1n) is 13.9. The number of nitrogens with one attached hydrogen (secondary N) is 2. The van der Waals surface area contributed by atoms with Gasteiger partial charge in [-0.1, -0.05) is 75.7 Å². The molecule has 0 unspecified atom stereocenters. The maximum absolute atomic E-state index is 13.8. The highest BCUT2D eigenvalue weighted by Gasteiger charge is 2.37. The van der Waals surface area contributed by atoms with E-state index in [1.54, 1.807) is 0 Å². The van der Waals surface area contributed by atoms with Crippen LogP contribution in [0.2, 0.25) is 0 Å². The van der Waals surface area contributed by atoms with Crippen LogP contribution in [0.5, 0.6) is 0 Å². The lowest BCUT2D eigenvalue weighted by Crippen LogP contribution is -2.46. The normalized spacial score (nSPS) is 21.2. The first kappa shape index (κ1) is 27.6. The van der Waals surface area contributed by atoms with Crippen LogP contribution in [0.25, 0.3) is 10.9 Å². The standard InChI is InChI=1S/C32H40N2O4/c1-20(2)25-14-13-21(3)15-27(25)30(35)18-23(17-24-19-33-28-12-8-7-11-26(24)28)31(36)34-29(32(37)38)16-22-9-5-4-6-10-22/h4-12,19-21,23,25,27,29,33H,13-18H2,1-3H3,(H,34,36)(H,37,38)/t21-,23-,25+,27-,29+/m1/s1. The molecule has 1 saturated carbocycles. The summed E-state index contributed by atoms with van der Waals surface area (Å²) in [6.07, 6.45) is 5.59. The van der Waals surface area contributed by atoms with E-state index in [-0.39, 0.29) is 30.4 Å². The Kier molecular flexibility index (Phi) is 9.03. The van der Waals surface area contributed by atoms with Gasteiger partial charge in [-0.2, -0.15) is 0 Å². The van der Waals surface area contributed by atoms with Crippen molar-refractivity contribution in [2.45, 2.75) is 65.3 Å². The summed E-state index contributed by atoms with van der Waals surface area (Å²) in [6.45, 7) is 6.56. The number of hydrogen-bond donors (Lipinski definition) is 3. The topological polar surface area (TPSA) is 99.3 Å². The van der Waals surface area contributed by atoms with Crippen LogP contribution in [0, 0.1) is 29.6 Å². The highest BCUT2D eigenvalue weighted by molar-refractivity contribution is 5.91. The molecule has 202 valence electrons. The number of carboxylic acids is 1. The summed E-state index contributed by atoms with van der Waals surface area (Å²) in [4.78, 5) is 42.8. The molecule has 0 aliphatic heterocycles. The number of hydrogen-bond acceptors (Lipinski definition) is 3. The number of benzene rings is 2. The van der Waals surface area contributed by atoms with Gasteiger partial charge in [0.05, 0.1) is 0 Å². The summed E-state index contributed by atoms with van der Waals surface area (Å²) in [5.41, 5.74) is 2.77. The van der Waals surface area contributed by atoms with Gasteiger partial charge < -0.3 is 15.4 Å². The Morgan fingerprint density at radius 3 is 2.42 bits per heavy atom. The van der Waals surface area contributed by atoms with Gasteiger partial charge in [-0.3, -0.25) is 9.59 Å². The number of para-hydroxylation sites is 1. The Labute approximate surface area is 225 Å². The number of ketones is 1. The van der Waals surface area contributed by atoms with Crippen molar-refractivity contribution in [3.05, 3.63) is 71.9 Å². The number of aliphatic carboxylic acids is 1. The third-order valence-corrected chi connectivity index (χ3v) is 8.29. The zero-order valence-corrected chi connectivity index (χ0v) is 22.7. The molecule has 5 atom stereocenters. The van der Waals surface area contributed by atoms with Crippen LogP contribution in [-0.2, 0) is 27.2 Å². The number of aromatic amines is 1. The minimum absolute atomic E-state index is 0.0587. The van der Waals surface area contributed by atoms with Gasteiger partial charge in [0.25, 0.3) is 0 Å². The molecule has 0 radical (unpaired) electrons. The number of fused-ring (bicyclic) bond motifs is 1. The van der Waals surface area contributed by atoms with E-state index >= 15 is 0 Å². The van der Waals surface area contributed by atoms with Gasteiger partial charge in [-0.25, -0.2) is 4.79 Å². The van der Waals surface area contributed by atoms with Crippen molar-refractivity contribution in [2.24, 2.45) is 29.6 Å². The number of H-pyrrole nitrogens is 1. The smallest absolute Gasteiger partial charge is 0.326 e. The average Bonchev–Trinajstić information content (AvgIpc) is 3.31. The molecule has 1 aromatic heterocycles. The molecular formula is C32H40N2O4. The van der Waals surface area contributed by atoms with Crippen LogP contribution >= 0.6 is 0 Å². The zero-order chi connectivity index (χ0) is 27.2. The third-order valence-electron chi connectivity index (χ3n) is 8.29. The molecule has 0 bridgehead atoms. The minimum Gasteiger partial charge on any atom is -0.480 e. The second-order valence-electron chi connectivity index (χ2n) is 11.5. The maximum atomic E-state index is 13.8.